The first-order chi connectivity index (χ1) is 27.3. The molecule has 11 aromatic rings. The van der Waals surface area contributed by atoms with E-state index in [9.17, 15) is 0 Å². The summed E-state index contributed by atoms with van der Waals surface area (Å²) in [5, 5.41) is 7.71. The molecule has 0 bridgehead atoms. The van der Waals surface area contributed by atoms with Crippen molar-refractivity contribution in [3.8, 4) is 27.9 Å². The molecule has 258 valence electrons. The van der Waals surface area contributed by atoms with Gasteiger partial charge >= 0.3 is 0 Å². The Kier molecular flexibility index (Phi) is 7.39. The predicted molar refractivity (Wildman–Crippen MR) is 237 cm³/mol. The van der Waals surface area contributed by atoms with Crippen molar-refractivity contribution in [2.24, 2.45) is 0 Å². The van der Waals surface area contributed by atoms with Crippen molar-refractivity contribution in [2.75, 3.05) is 4.90 Å². The Morgan fingerprint density at radius 2 is 0.964 bits per heavy atom. The summed E-state index contributed by atoms with van der Waals surface area (Å²) in [5.74, 6) is 0. The molecule has 0 fully saturated rings. The van der Waals surface area contributed by atoms with Gasteiger partial charge in [0.25, 0.3) is 0 Å². The van der Waals surface area contributed by atoms with Crippen LogP contribution in [-0.2, 0) is 0 Å². The highest BCUT2D eigenvalue weighted by Crippen LogP contribution is 2.43. The van der Waals surface area contributed by atoms with E-state index in [2.05, 4.69) is 216 Å². The number of rotatable bonds is 6. The Morgan fingerprint density at radius 3 is 1.78 bits per heavy atom. The number of nitrogens with zero attached hydrogens (tertiary/aromatic N) is 2. The SMILES string of the molecule is c1ccc(-c2ccc(N(c3ccc(-c4ccccc4-n4c5ccccc5c5c6ccccc6ccc54)cc3)c3ccc4c(c3)sc3ccccc34)cc2)cc1. The summed E-state index contributed by atoms with van der Waals surface area (Å²) in [6.07, 6.45) is 0. The first-order valence-electron chi connectivity index (χ1n) is 18.8. The van der Waals surface area contributed by atoms with Crippen LogP contribution in [0.2, 0.25) is 0 Å². The molecule has 0 saturated carbocycles. The Bertz CT molecular complexity index is 3190. The summed E-state index contributed by atoms with van der Waals surface area (Å²) in [4.78, 5) is 2.38. The summed E-state index contributed by atoms with van der Waals surface area (Å²) >= 11 is 1.86. The lowest BCUT2D eigenvalue weighted by atomic mass is 10.0. The van der Waals surface area contributed by atoms with Gasteiger partial charge in [0, 0.05) is 53.6 Å². The second-order valence-corrected chi connectivity index (χ2v) is 15.2. The lowest BCUT2D eigenvalue weighted by Gasteiger charge is -2.26. The number of anilines is 3. The van der Waals surface area contributed by atoms with E-state index < -0.39 is 0 Å². The minimum Gasteiger partial charge on any atom is -0.310 e. The molecule has 0 atom stereocenters. The maximum Gasteiger partial charge on any atom is 0.0547 e. The molecule has 2 heterocycles. The van der Waals surface area contributed by atoms with Crippen molar-refractivity contribution in [3.05, 3.63) is 206 Å². The zero-order chi connectivity index (χ0) is 36.3. The van der Waals surface area contributed by atoms with Gasteiger partial charge in [0.1, 0.15) is 0 Å². The molecule has 0 aliphatic heterocycles. The lowest BCUT2D eigenvalue weighted by Crippen LogP contribution is -2.09. The molecule has 2 nitrogen and oxygen atoms in total. The van der Waals surface area contributed by atoms with E-state index in [0.717, 1.165) is 17.1 Å². The second-order valence-electron chi connectivity index (χ2n) is 14.1. The highest BCUT2D eigenvalue weighted by Gasteiger charge is 2.19. The van der Waals surface area contributed by atoms with Crippen molar-refractivity contribution in [1.29, 1.82) is 0 Å². The Balaban J connectivity index is 1.04. The normalized spacial score (nSPS) is 11.6. The van der Waals surface area contributed by atoms with Gasteiger partial charge in [-0.25, -0.2) is 0 Å². The van der Waals surface area contributed by atoms with Crippen LogP contribution in [0, 0.1) is 0 Å². The first kappa shape index (κ1) is 31.6. The number of thiophene rings is 1. The molecule has 0 unspecified atom stereocenters. The fourth-order valence-corrected chi connectivity index (χ4v) is 9.58. The standard InChI is InChI=1S/C52H34N2S/c1-2-12-35(13-3-1)36-22-27-39(28-23-36)53(41-31-32-45-44-17-8-11-21-50(44)55-51(45)34-41)40-29-24-38(25-30-40)42-15-6-9-19-47(42)54-48-20-10-7-18-46(48)52-43-16-5-4-14-37(43)26-33-49(52)54/h1-34H. The zero-order valence-corrected chi connectivity index (χ0v) is 30.7. The molecule has 3 heteroatoms. The summed E-state index contributed by atoms with van der Waals surface area (Å²) < 4.78 is 5.04. The van der Waals surface area contributed by atoms with Gasteiger partial charge in [-0.05, 0) is 88.1 Å². The van der Waals surface area contributed by atoms with Crippen molar-refractivity contribution in [3.63, 3.8) is 0 Å². The molecule has 55 heavy (non-hydrogen) atoms. The van der Waals surface area contributed by atoms with Crippen LogP contribution in [0.4, 0.5) is 17.1 Å². The Morgan fingerprint density at radius 1 is 0.364 bits per heavy atom. The minimum absolute atomic E-state index is 1.11. The number of fused-ring (bicyclic) bond motifs is 8. The average molecular weight is 719 g/mol. The fraction of sp³-hybridized carbons (Fsp3) is 0. The third kappa shape index (κ3) is 5.24. The van der Waals surface area contributed by atoms with Crippen molar-refractivity contribution in [1.82, 2.24) is 4.57 Å². The van der Waals surface area contributed by atoms with Gasteiger partial charge in [0.2, 0.25) is 0 Å². The van der Waals surface area contributed by atoms with Crippen LogP contribution in [0.15, 0.2) is 206 Å². The molecular formula is C52H34N2S. The highest BCUT2D eigenvalue weighted by atomic mass is 32.1. The van der Waals surface area contributed by atoms with Crippen LogP contribution in [0.25, 0.3) is 80.7 Å². The molecular weight excluding hydrogens is 685 g/mol. The average Bonchev–Trinajstić information content (AvgIpc) is 3.80. The molecule has 0 spiro atoms. The molecule has 0 N–H and O–H groups in total. The maximum atomic E-state index is 2.45. The van der Waals surface area contributed by atoms with E-state index in [1.165, 1.54) is 80.7 Å². The van der Waals surface area contributed by atoms with Gasteiger partial charge < -0.3 is 9.47 Å². The van der Waals surface area contributed by atoms with E-state index in [1.54, 1.807) is 0 Å². The number of hydrogen-bond acceptors (Lipinski definition) is 2. The van der Waals surface area contributed by atoms with Gasteiger partial charge in [-0.15, -0.1) is 11.3 Å². The highest BCUT2D eigenvalue weighted by molar-refractivity contribution is 7.25. The van der Waals surface area contributed by atoms with Crippen LogP contribution >= 0.6 is 11.3 Å². The van der Waals surface area contributed by atoms with E-state index in [-0.39, 0.29) is 0 Å². The minimum atomic E-state index is 1.11. The van der Waals surface area contributed by atoms with Crippen LogP contribution in [-0.4, -0.2) is 4.57 Å². The fourth-order valence-electron chi connectivity index (χ4n) is 8.44. The Hall–Kier alpha value is -6.94. The number of para-hydroxylation sites is 2. The Labute approximate surface area is 323 Å². The first-order valence-corrected chi connectivity index (χ1v) is 19.6. The van der Waals surface area contributed by atoms with E-state index in [1.807, 2.05) is 11.3 Å². The number of aromatic nitrogens is 1. The predicted octanol–water partition coefficient (Wildman–Crippen LogP) is 15.1. The quantitative estimate of drug-likeness (QED) is 0.166. The monoisotopic (exact) mass is 718 g/mol. The number of benzene rings is 9. The molecule has 0 saturated heterocycles. The van der Waals surface area contributed by atoms with Gasteiger partial charge in [0.15, 0.2) is 0 Å². The second kappa shape index (κ2) is 12.9. The third-order valence-corrected chi connectivity index (χ3v) is 12.1. The molecule has 9 aromatic carbocycles. The number of hydrogen-bond donors (Lipinski definition) is 0. The molecule has 0 aliphatic carbocycles. The van der Waals surface area contributed by atoms with Gasteiger partial charge in [-0.1, -0.05) is 146 Å². The van der Waals surface area contributed by atoms with E-state index in [0.29, 0.717) is 0 Å². The van der Waals surface area contributed by atoms with Gasteiger partial charge in [0.05, 0.1) is 16.7 Å². The third-order valence-electron chi connectivity index (χ3n) is 11.0. The van der Waals surface area contributed by atoms with Gasteiger partial charge in [-0.2, -0.15) is 0 Å². The van der Waals surface area contributed by atoms with Crippen molar-refractivity contribution in [2.45, 2.75) is 0 Å². The summed E-state index contributed by atoms with van der Waals surface area (Å²) in [5.41, 5.74) is 11.7. The van der Waals surface area contributed by atoms with Crippen LogP contribution in [0.1, 0.15) is 0 Å². The summed E-state index contributed by atoms with van der Waals surface area (Å²) in [6, 6.07) is 75.1. The van der Waals surface area contributed by atoms with Gasteiger partial charge in [-0.3, -0.25) is 0 Å². The van der Waals surface area contributed by atoms with Crippen LogP contribution in [0.3, 0.4) is 0 Å². The van der Waals surface area contributed by atoms with E-state index in [4.69, 9.17) is 0 Å². The molecule has 2 aromatic heterocycles. The smallest absolute Gasteiger partial charge is 0.0547 e. The molecule has 0 amide bonds. The summed E-state index contributed by atoms with van der Waals surface area (Å²) in [6.45, 7) is 0. The van der Waals surface area contributed by atoms with Crippen molar-refractivity contribution >= 4 is 81.1 Å². The topological polar surface area (TPSA) is 8.17 Å². The van der Waals surface area contributed by atoms with Crippen LogP contribution in [0.5, 0.6) is 0 Å². The molecule has 11 rings (SSSR count). The molecule has 0 aliphatic rings. The lowest BCUT2D eigenvalue weighted by molar-refractivity contribution is 1.18. The van der Waals surface area contributed by atoms with Crippen molar-refractivity contribution < 1.29 is 0 Å². The summed E-state index contributed by atoms with van der Waals surface area (Å²) in [7, 11) is 0. The largest absolute Gasteiger partial charge is 0.310 e. The molecule has 0 radical (unpaired) electrons. The zero-order valence-electron chi connectivity index (χ0n) is 29.9. The van der Waals surface area contributed by atoms with Crippen LogP contribution < -0.4 is 4.90 Å². The maximum absolute atomic E-state index is 2.45. The van der Waals surface area contributed by atoms with E-state index >= 15 is 0 Å².